The predicted molar refractivity (Wildman–Crippen MR) is 238 cm³/mol. The summed E-state index contributed by atoms with van der Waals surface area (Å²) in [7, 11) is 0. The summed E-state index contributed by atoms with van der Waals surface area (Å²) in [5.41, 5.74) is 11.2. The molecule has 54 heavy (non-hydrogen) atoms. The monoisotopic (exact) mass is 704 g/mol. The minimum absolute atomic E-state index is 1.21. The van der Waals surface area contributed by atoms with Crippen molar-refractivity contribution in [2.24, 2.45) is 0 Å². The van der Waals surface area contributed by atoms with Gasteiger partial charge in [-0.2, -0.15) is 0 Å². The normalized spacial score (nSPS) is 11.8. The van der Waals surface area contributed by atoms with Crippen molar-refractivity contribution in [3.05, 3.63) is 199 Å². The van der Waals surface area contributed by atoms with Crippen LogP contribution in [0.3, 0.4) is 0 Å². The molecule has 1 aromatic heterocycles. The van der Waals surface area contributed by atoms with Crippen molar-refractivity contribution in [2.75, 3.05) is 0 Å². The average molecular weight is 705 g/mol. The summed E-state index contributed by atoms with van der Waals surface area (Å²) < 4.78 is 1.31. The summed E-state index contributed by atoms with van der Waals surface area (Å²) in [5, 5.41) is 11.3. The molecule has 0 aliphatic rings. The van der Waals surface area contributed by atoms with Gasteiger partial charge in [-0.3, -0.25) is 0 Å². The van der Waals surface area contributed by atoms with Crippen LogP contribution in [0.1, 0.15) is 10.4 Å². The van der Waals surface area contributed by atoms with Gasteiger partial charge in [0, 0.05) is 9.58 Å². The summed E-state index contributed by atoms with van der Waals surface area (Å²) in [5.74, 6) is 0. The van der Waals surface area contributed by atoms with Gasteiger partial charge in [0.2, 0.25) is 0 Å². The molecular formula is C53H36S. The van der Waals surface area contributed by atoms with Crippen LogP contribution < -0.4 is 0 Å². The number of hydrogen-bond donors (Lipinski definition) is 0. The smallest absolute Gasteiger partial charge is 0.0430 e. The van der Waals surface area contributed by atoms with Gasteiger partial charge < -0.3 is 0 Å². The first kappa shape index (κ1) is 32.1. The number of aryl methyl sites for hydroxylation is 1. The zero-order valence-corrected chi connectivity index (χ0v) is 30.8. The molecule has 10 aromatic rings. The van der Waals surface area contributed by atoms with Gasteiger partial charge in [-0.1, -0.05) is 170 Å². The highest BCUT2D eigenvalue weighted by atomic mass is 32.1. The fourth-order valence-corrected chi connectivity index (χ4v) is 9.67. The Morgan fingerprint density at radius 3 is 1.89 bits per heavy atom. The fourth-order valence-electron chi connectivity index (χ4n) is 8.42. The van der Waals surface area contributed by atoms with Crippen molar-refractivity contribution in [3.63, 3.8) is 0 Å². The Kier molecular flexibility index (Phi) is 7.82. The van der Waals surface area contributed by atoms with E-state index in [1.54, 1.807) is 0 Å². The quantitative estimate of drug-likeness (QED) is 0.119. The van der Waals surface area contributed by atoms with E-state index in [2.05, 4.69) is 189 Å². The molecule has 0 aliphatic carbocycles. The van der Waals surface area contributed by atoms with E-state index in [9.17, 15) is 0 Å². The molecule has 0 saturated heterocycles. The lowest BCUT2D eigenvalue weighted by molar-refractivity contribution is 1.57. The van der Waals surface area contributed by atoms with E-state index in [1.165, 1.54) is 108 Å². The lowest BCUT2D eigenvalue weighted by atomic mass is 9.83. The zero-order chi connectivity index (χ0) is 36.2. The Hall–Kier alpha value is -6.54. The number of benzene rings is 9. The van der Waals surface area contributed by atoms with Crippen molar-refractivity contribution in [3.8, 4) is 44.5 Å². The summed E-state index contributed by atoms with van der Waals surface area (Å²) in [6.07, 6.45) is 6.06. The van der Waals surface area contributed by atoms with E-state index in [1.807, 2.05) is 23.5 Å². The van der Waals surface area contributed by atoms with Crippen LogP contribution in [0.5, 0.6) is 0 Å². The summed E-state index contributed by atoms with van der Waals surface area (Å²) >= 11 is 1.86. The molecule has 0 N–H and O–H groups in total. The molecule has 0 saturated carbocycles. The van der Waals surface area contributed by atoms with E-state index in [4.69, 9.17) is 0 Å². The van der Waals surface area contributed by atoms with E-state index in [0.717, 1.165) is 0 Å². The maximum atomic E-state index is 3.91. The van der Waals surface area contributed by atoms with Crippen LogP contribution in [0.4, 0.5) is 0 Å². The summed E-state index contributed by atoms with van der Waals surface area (Å²) in [6, 6.07) is 62.9. The van der Waals surface area contributed by atoms with Crippen LogP contribution in [0, 0.1) is 6.92 Å². The molecular weight excluding hydrogens is 669 g/mol. The first-order chi connectivity index (χ1) is 26.7. The second-order valence-corrected chi connectivity index (χ2v) is 15.1. The third-order valence-electron chi connectivity index (χ3n) is 11.0. The molecule has 1 heterocycles. The highest BCUT2D eigenvalue weighted by Crippen LogP contribution is 2.48. The number of fused-ring (bicyclic) bond motifs is 5. The largest absolute Gasteiger partial charge is 0.135 e. The molecule has 0 amide bonds. The van der Waals surface area contributed by atoms with Crippen LogP contribution >= 0.6 is 11.3 Å². The Bertz CT molecular complexity index is 3130. The van der Waals surface area contributed by atoms with Crippen LogP contribution in [-0.2, 0) is 0 Å². The van der Waals surface area contributed by atoms with Crippen molar-refractivity contribution in [1.29, 1.82) is 0 Å². The Morgan fingerprint density at radius 2 is 1.04 bits per heavy atom. The summed E-state index contributed by atoms with van der Waals surface area (Å²) in [4.78, 5) is 1.27. The van der Waals surface area contributed by atoms with E-state index in [0.29, 0.717) is 0 Å². The molecule has 0 fully saturated rings. The molecule has 1 heteroatoms. The van der Waals surface area contributed by atoms with Crippen molar-refractivity contribution in [1.82, 2.24) is 0 Å². The van der Waals surface area contributed by atoms with Gasteiger partial charge >= 0.3 is 0 Å². The first-order valence-electron chi connectivity index (χ1n) is 18.5. The molecule has 254 valence electrons. The fraction of sp³-hybridized carbons (Fsp3) is 0.0189. The second kappa shape index (κ2) is 13.1. The van der Waals surface area contributed by atoms with Crippen molar-refractivity contribution < 1.29 is 0 Å². The lowest BCUT2D eigenvalue weighted by Gasteiger charge is -2.20. The number of rotatable bonds is 6. The molecule has 10 rings (SSSR count). The number of hydrogen-bond acceptors (Lipinski definition) is 1. The molecule has 0 spiro atoms. The van der Waals surface area contributed by atoms with Crippen LogP contribution in [0.2, 0.25) is 0 Å². The van der Waals surface area contributed by atoms with Gasteiger partial charge in [0.15, 0.2) is 0 Å². The Balaban J connectivity index is 1.28. The van der Waals surface area contributed by atoms with Gasteiger partial charge in [-0.15, -0.1) is 11.3 Å². The molecule has 9 aromatic carbocycles. The van der Waals surface area contributed by atoms with Gasteiger partial charge in [0.25, 0.3) is 0 Å². The molecule has 0 atom stereocenters. The van der Waals surface area contributed by atoms with Gasteiger partial charge in [0.1, 0.15) is 0 Å². The van der Waals surface area contributed by atoms with E-state index in [-0.39, 0.29) is 0 Å². The molecule has 0 aliphatic heterocycles. The third-order valence-corrected chi connectivity index (χ3v) is 12.3. The topological polar surface area (TPSA) is 0 Å². The van der Waals surface area contributed by atoms with Crippen molar-refractivity contribution in [2.45, 2.75) is 6.92 Å². The van der Waals surface area contributed by atoms with E-state index >= 15 is 0 Å². The van der Waals surface area contributed by atoms with Crippen LogP contribution in [0.25, 0.3) is 104 Å². The number of thiophene rings is 1. The third kappa shape index (κ3) is 5.28. The first-order valence-corrected chi connectivity index (χ1v) is 19.4. The standard InChI is InChI=1S/C53H36S/c1-3-4-26-50-34(2)42-23-13-24-44(53(42)54-50)40-29-30-48-49(33-40)51(41-19-11-18-38(32-41)39-28-27-35-14-5-6-16-37(35)31-39)46-21-9-10-22-47(46)52(48)45-25-12-17-36-15-7-8-20-43(36)45/h3-33H,1H2,2H3/b26-4-. The maximum absolute atomic E-state index is 3.91. The lowest BCUT2D eigenvalue weighted by Crippen LogP contribution is -1.93. The van der Waals surface area contributed by atoms with E-state index < -0.39 is 0 Å². The van der Waals surface area contributed by atoms with Gasteiger partial charge in [-0.25, -0.2) is 0 Å². The van der Waals surface area contributed by atoms with Crippen LogP contribution in [-0.4, -0.2) is 0 Å². The Labute approximate surface area is 319 Å². The molecule has 0 unspecified atom stereocenters. The molecule has 0 nitrogen and oxygen atoms in total. The Morgan fingerprint density at radius 1 is 0.426 bits per heavy atom. The van der Waals surface area contributed by atoms with Crippen LogP contribution in [0.15, 0.2) is 189 Å². The molecule has 0 radical (unpaired) electrons. The minimum Gasteiger partial charge on any atom is -0.135 e. The highest BCUT2D eigenvalue weighted by molar-refractivity contribution is 7.20. The maximum Gasteiger partial charge on any atom is 0.0430 e. The average Bonchev–Trinajstić information content (AvgIpc) is 3.56. The summed E-state index contributed by atoms with van der Waals surface area (Å²) in [6.45, 7) is 6.14. The second-order valence-electron chi connectivity index (χ2n) is 14.1. The molecule has 0 bridgehead atoms. The SMILES string of the molecule is C=C/C=C\c1sc2c(-c3ccc4c(-c5cccc6ccccc56)c5ccccc5c(-c5cccc(-c6ccc7ccccc7c6)c5)c4c3)cccc2c1C. The zero-order valence-electron chi connectivity index (χ0n) is 30.0. The minimum atomic E-state index is 1.21. The highest BCUT2D eigenvalue weighted by Gasteiger charge is 2.20. The van der Waals surface area contributed by atoms with Gasteiger partial charge in [-0.05, 0) is 130 Å². The van der Waals surface area contributed by atoms with Gasteiger partial charge in [0.05, 0.1) is 0 Å². The predicted octanol–water partition coefficient (Wildman–Crippen LogP) is 15.7. The number of allylic oxidation sites excluding steroid dienone is 2. The van der Waals surface area contributed by atoms with Crippen molar-refractivity contribution >= 4 is 70.6 Å².